The predicted octanol–water partition coefficient (Wildman–Crippen LogP) is 2.99. The number of hydrogen-bond donors (Lipinski definition) is 1. The molecule has 0 aliphatic carbocycles. The van der Waals surface area contributed by atoms with Crippen LogP contribution >= 0.6 is 0 Å². The zero-order valence-electron chi connectivity index (χ0n) is 13.5. The number of amides is 2. The zero-order chi connectivity index (χ0) is 17.8. The third-order valence-electron chi connectivity index (χ3n) is 4.30. The fraction of sp³-hybridized carbons (Fsp3) is 0.263. The standard InChI is InChI=1S/C19H18F2N2O2/c20-15-7-5-13(6-8-15)9-10-23-12-14(11-18(23)24)19(25)22-17-4-2-1-3-16(17)21/h1-8,14H,9-12H2,(H,22,25)/t14-/m1/s1. The summed E-state index contributed by atoms with van der Waals surface area (Å²) in [5.41, 5.74) is 1.04. The van der Waals surface area contributed by atoms with Gasteiger partial charge in [0.25, 0.3) is 0 Å². The Labute approximate surface area is 144 Å². The van der Waals surface area contributed by atoms with E-state index < -0.39 is 11.7 Å². The lowest BCUT2D eigenvalue weighted by atomic mass is 10.1. The molecule has 1 atom stereocenters. The van der Waals surface area contributed by atoms with Gasteiger partial charge in [-0.2, -0.15) is 0 Å². The van der Waals surface area contributed by atoms with E-state index in [-0.39, 0.29) is 29.7 Å². The van der Waals surface area contributed by atoms with Gasteiger partial charge >= 0.3 is 0 Å². The molecule has 0 aromatic heterocycles. The summed E-state index contributed by atoms with van der Waals surface area (Å²) in [6, 6.07) is 12.0. The van der Waals surface area contributed by atoms with Crippen molar-refractivity contribution in [3.63, 3.8) is 0 Å². The van der Waals surface area contributed by atoms with Crippen molar-refractivity contribution in [2.75, 3.05) is 18.4 Å². The quantitative estimate of drug-likeness (QED) is 0.906. The highest BCUT2D eigenvalue weighted by Gasteiger charge is 2.34. The summed E-state index contributed by atoms with van der Waals surface area (Å²) in [7, 11) is 0. The van der Waals surface area contributed by atoms with Gasteiger partial charge in [-0.3, -0.25) is 9.59 Å². The van der Waals surface area contributed by atoms with Gasteiger partial charge in [0.2, 0.25) is 11.8 Å². The fourth-order valence-electron chi connectivity index (χ4n) is 2.88. The van der Waals surface area contributed by atoms with E-state index in [4.69, 9.17) is 0 Å². The maximum atomic E-state index is 13.6. The molecule has 0 saturated carbocycles. The number of nitrogens with one attached hydrogen (secondary N) is 1. The Morgan fingerprint density at radius 1 is 1.12 bits per heavy atom. The summed E-state index contributed by atoms with van der Waals surface area (Å²) in [4.78, 5) is 26.0. The lowest BCUT2D eigenvalue weighted by molar-refractivity contribution is -0.128. The molecule has 1 saturated heterocycles. The minimum Gasteiger partial charge on any atom is -0.342 e. The highest BCUT2D eigenvalue weighted by Crippen LogP contribution is 2.21. The molecule has 1 fully saturated rings. The summed E-state index contributed by atoms with van der Waals surface area (Å²) in [6.45, 7) is 0.772. The second-order valence-corrected chi connectivity index (χ2v) is 6.09. The minimum atomic E-state index is -0.506. The highest BCUT2D eigenvalue weighted by molar-refractivity contribution is 5.97. The number of para-hydroxylation sites is 1. The van der Waals surface area contributed by atoms with Crippen LogP contribution in [0.2, 0.25) is 0 Å². The molecule has 1 heterocycles. The highest BCUT2D eigenvalue weighted by atomic mass is 19.1. The molecule has 0 unspecified atom stereocenters. The van der Waals surface area contributed by atoms with Crippen molar-refractivity contribution in [1.82, 2.24) is 4.90 Å². The van der Waals surface area contributed by atoms with Gasteiger partial charge < -0.3 is 10.2 Å². The summed E-state index contributed by atoms with van der Waals surface area (Å²) in [5, 5.41) is 2.54. The molecule has 1 aliphatic rings. The number of carbonyl (C=O) groups is 2. The van der Waals surface area contributed by atoms with E-state index in [9.17, 15) is 18.4 Å². The Morgan fingerprint density at radius 2 is 1.84 bits per heavy atom. The number of hydrogen-bond acceptors (Lipinski definition) is 2. The van der Waals surface area contributed by atoms with Crippen LogP contribution < -0.4 is 5.32 Å². The molecular formula is C19H18F2N2O2. The zero-order valence-corrected chi connectivity index (χ0v) is 13.5. The number of halogens is 2. The molecule has 4 nitrogen and oxygen atoms in total. The lowest BCUT2D eigenvalue weighted by Gasteiger charge is -2.16. The second-order valence-electron chi connectivity index (χ2n) is 6.09. The third kappa shape index (κ3) is 4.21. The van der Waals surface area contributed by atoms with Crippen molar-refractivity contribution in [2.45, 2.75) is 12.8 Å². The van der Waals surface area contributed by atoms with Crippen molar-refractivity contribution in [3.05, 3.63) is 65.7 Å². The number of likely N-dealkylation sites (tertiary alicyclic amines) is 1. The van der Waals surface area contributed by atoms with Gasteiger partial charge in [0.15, 0.2) is 0 Å². The van der Waals surface area contributed by atoms with Crippen molar-refractivity contribution < 1.29 is 18.4 Å². The van der Waals surface area contributed by atoms with E-state index in [2.05, 4.69) is 5.32 Å². The average molecular weight is 344 g/mol. The maximum Gasteiger partial charge on any atom is 0.229 e. The second kappa shape index (κ2) is 7.42. The van der Waals surface area contributed by atoms with Crippen molar-refractivity contribution in [3.8, 4) is 0 Å². The first kappa shape index (κ1) is 17.1. The van der Waals surface area contributed by atoms with E-state index in [1.165, 1.54) is 24.3 Å². The largest absolute Gasteiger partial charge is 0.342 e. The molecule has 0 radical (unpaired) electrons. The van der Waals surface area contributed by atoms with E-state index in [0.717, 1.165) is 5.56 Å². The van der Waals surface area contributed by atoms with E-state index >= 15 is 0 Å². The number of carbonyl (C=O) groups excluding carboxylic acids is 2. The molecule has 0 bridgehead atoms. The summed E-state index contributed by atoms with van der Waals surface area (Å²) in [6.07, 6.45) is 0.706. The van der Waals surface area contributed by atoms with Gasteiger partial charge in [-0.1, -0.05) is 24.3 Å². The SMILES string of the molecule is O=C(Nc1ccccc1F)[C@@H]1CC(=O)N(CCc2ccc(F)cc2)C1. The topological polar surface area (TPSA) is 49.4 Å². The molecule has 0 spiro atoms. The van der Waals surface area contributed by atoms with Crippen LogP contribution in [0.4, 0.5) is 14.5 Å². The van der Waals surface area contributed by atoms with E-state index in [1.54, 1.807) is 29.2 Å². The van der Waals surface area contributed by atoms with Gasteiger partial charge in [0.05, 0.1) is 11.6 Å². The summed E-state index contributed by atoms with van der Waals surface area (Å²) < 4.78 is 26.5. The molecule has 2 amide bonds. The number of benzene rings is 2. The number of anilines is 1. The van der Waals surface area contributed by atoms with E-state index in [1.807, 2.05) is 0 Å². The van der Waals surface area contributed by atoms with Gasteiger partial charge in [0, 0.05) is 19.5 Å². The van der Waals surface area contributed by atoms with Crippen molar-refractivity contribution in [2.24, 2.45) is 5.92 Å². The van der Waals surface area contributed by atoms with Gasteiger partial charge in [-0.25, -0.2) is 8.78 Å². The molecule has 1 aliphatic heterocycles. The number of rotatable bonds is 5. The Kier molecular flexibility index (Phi) is 5.07. The van der Waals surface area contributed by atoms with Crippen LogP contribution in [0.25, 0.3) is 0 Å². The molecule has 2 aromatic carbocycles. The van der Waals surface area contributed by atoms with Crippen molar-refractivity contribution >= 4 is 17.5 Å². The Bertz CT molecular complexity index is 777. The van der Waals surface area contributed by atoms with Crippen LogP contribution in [-0.2, 0) is 16.0 Å². The number of nitrogens with zero attached hydrogens (tertiary/aromatic N) is 1. The van der Waals surface area contributed by atoms with Crippen molar-refractivity contribution in [1.29, 1.82) is 0 Å². The third-order valence-corrected chi connectivity index (χ3v) is 4.30. The van der Waals surface area contributed by atoms with Crippen LogP contribution in [0.5, 0.6) is 0 Å². The molecule has 1 N–H and O–H groups in total. The fourth-order valence-corrected chi connectivity index (χ4v) is 2.88. The Hall–Kier alpha value is -2.76. The van der Waals surface area contributed by atoms with Crippen LogP contribution in [0, 0.1) is 17.6 Å². The van der Waals surface area contributed by atoms with Crippen LogP contribution in [0.15, 0.2) is 48.5 Å². The summed E-state index contributed by atoms with van der Waals surface area (Å²) >= 11 is 0. The smallest absolute Gasteiger partial charge is 0.229 e. The maximum absolute atomic E-state index is 13.6. The first-order valence-electron chi connectivity index (χ1n) is 8.10. The van der Waals surface area contributed by atoms with Crippen LogP contribution in [0.1, 0.15) is 12.0 Å². The molecule has 6 heteroatoms. The van der Waals surface area contributed by atoms with E-state index in [0.29, 0.717) is 19.5 Å². The summed E-state index contributed by atoms with van der Waals surface area (Å²) in [5.74, 6) is -1.77. The molecular weight excluding hydrogens is 326 g/mol. The van der Waals surface area contributed by atoms with Gasteiger partial charge in [0.1, 0.15) is 11.6 Å². The van der Waals surface area contributed by atoms with Crippen LogP contribution in [-0.4, -0.2) is 29.8 Å². The Balaban J connectivity index is 1.55. The van der Waals surface area contributed by atoms with Crippen LogP contribution in [0.3, 0.4) is 0 Å². The van der Waals surface area contributed by atoms with Gasteiger partial charge in [-0.15, -0.1) is 0 Å². The molecule has 130 valence electrons. The minimum absolute atomic E-state index is 0.101. The first-order valence-corrected chi connectivity index (χ1v) is 8.10. The van der Waals surface area contributed by atoms with Gasteiger partial charge in [-0.05, 0) is 36.2 Å². The Morgan fingerprint density at radius 3 is 2.56 bits per heavy atom. The lowest BCUT2D eigenvalue weighted by Crippen LogP contribution is -2.30. The molecule has 3 rings (SSSR count). The average Bonchev–Trinajstić information content (AvgIpc) is 2.97. The molecule has 2 aromatic rings. The first-order chi connectivity index (χ1) is 12.0. The molecule has 25 heavy (non-hydrogen) atoms. The predicted molar refractivity (Wildman–Crippen MR) is 89.8 cm³/mol. The normalized spacial score (nSPS) is 17.0. The monoisotopic (exact) mass is 344 g/mol.